The first kappa shape index (κ1) is 26.9. The summed E-state index contributed by atoms with van der Waals surface area (Å²) in [5.41, 5.74) is 3.57. The molecule has 0 spiro atoms. The van der Waals surface area contributed by atoms with Crippen LogP contribution in [-0.2, 0) is 9.57 Å². The number of aromatic nitrogens is 5. The van der Waals surface area contributed by atoms with E-state index in [-0.39, 0.29) is 0 Å². The fraction of sp³-hybridized carbons (Fsp3) is 0.345. The molecule has 2 amide bonds. The number of methoxy groups -OCH3 is 1. The number of pyridine rings is 1. The zero-order valence-corrected chi connectivity index (χ0v) is 22.8. The number of rotatable bonds is 9. The van der Waals surface area contributed by atoms with Crippen LogP contribution < -0.4 is 10.6 Å². The Hall–Kier alpha value is -4.26. The first-order valence-corrected chi connectivity index (χ1v) is 13.6. The van der Waals surface area contributed by atoms with E-state index in [0.717, 1.165) is 35.5 Å². The smallest absolute Gasteiger partial charge is 0.320 e. The van der Waals surface area contributed by atoms with Crippen LogP contribution in [0, 0.1) is 12.9 Å². The number of anilines is 1. The van der Waals surface area contributed by atoms with Gasteiger partial charge in [0.25, 0.3) is 0 Å². The standard InChI is InChI=1S/C29H31FN8O3/c1-18-25(21-15-32-27(33-16-21)19-8-9-19)36-38(22-6-4-3-5-7-22)28(18)35-29(39)34-23-17-37(12-13-40-2)41-26(23)20-10-11-31-24(30)14-20/h3-7,10-11,14-16,19,23,26H,8-9,12-13,17H2,1-2H3,(H2,34,35,39)/t23-,26+/m1/s1. The number of nitrogens with zero attached hydrogens (tertiary/aromatic N) is 6. The van der Waals surface area contributed by atoms with Crippen LogP contribution in [0.3, 0.4) is 0 Å². The highest BCUT2D eigenvalue weighted by atomic mass is 19.1. The van der Waals surface area contributed by atoms with E-state index in [2.05, 4.69) is 25.6 Å². The van der Waals surface area contributed by atoms with Crippen LogP contribution >= 0.6 is 0 Å². The van der Waals surface area contributed by atoms with E-state index >= 15 is 0 Å². The van der Waals surface area contributed by atoms with E-state index in [9.17, 15) is 9.18 Å². The van der Waals surface area contributed by atoms with E-state index in [1.807, 2.05) is 37.3 Å². The number of nitrogens with one attached hydrogen (secondary N) is 2. The van der Waals surface area contributed by atoms with Crippen molar-refractivity contribution in [1.82, 2.24) is 35.1 Å². The molecular weight excluding hydrogens is 527 g/mol. The number of hydroxylamine groups is 2. The Morgan fingerprint density at radius 3 is 2.63 bits per heavy atom. The number of carbonyl (C=O) groups excluding carboxylic acids is 1. The van der Waals surface area contributed by atoms with Gasteiger partial charge in [-0.05, 0) is 49.6 Å². The van der Waals surface area contributed by atoms with Crippen molar-refractivity contribution in [1.29, 1.82) is 0 Å². The second kappa shape index (κ2) is 11.7. The van der Waals surface area contributed by atoms with Gasteiger partial charge in [0.1, 0.15) is 23.4 Å². The molecule has 0 bridgehead atoms. The average molecular weight is 559 g/mol. The number of carbonyl (C=O) groups is 1. The molecule has 11 nitrogen and oxygen atoms in total. The molecule has 2 atom stereocenters. The zero-order chi connectivity index (χ0) is 28.3. The molecule has 6 rings (SSSR count). The van der Waals surface area contributed by atoms with Crippen LogP contribution in [0.4, 0.5) is 15.0 Å². The maximum absolute atomic E-state index is 13.9. The van der Waals surface area contributed by atoms with E-state index in [0.29, 0.717) is 42.7 Å². The molecule has 1 aliphatic heterocycles. The molecule has 41 heavy (non-hydrogen) atoms. The maximum Gasteiger partial charge on any atom is 0.320 e. The van der Waals surface area contributed by atoms with Gasteiger partial charge in [0.15, 0.2) is 0 Å². The second-order valence-electron chi connectivity index (χ2n) is 10.2. The molecule has 1 saturated carbocycles. The summed E-state index contributed by atoms with van der Waals surface area (Å²) in [5, 5.41) is 12.6. The summed E-state index contributed by atoms with van der Waals surface area (Å²) in [6.07, 6.45) is 6.60. The molecule has 4 aromatic rings. The first-order valence-electron chi connectivity index (χ1n) is 13.6. The summed E-state index contributed by atoms with van der Waals surface area (Å²) in [4.78, 5) is 32.3. The molecule has 3 aromatic heterocycles. The zero-order valence-electron chi connectivity index (χ0n) is 22.8. The maximum atomic E-state index is 13.9. The van der Waals surface area contributed by atoms with Crippen LogP contribution in [0.2, 0.25) is 0 Å². The van der Waals surface area contributed by atoms with Crippen LogP contribution in [0.15, 0.2) is 61.1 Å². The SMILES string of the molecule is COCCN1C[C@@H](NC(=O)Nc2c(C)c(-c3cnc(C4CC4)nc3)nn2-c2ccccc2)[C@H](c2ccnc(F)c2)O1. The summed E-state index contributed by atoms with van der Waals surface area (Å²) in [6.45, 7) is 3.23. The van der Waals surface area contributed by atoms with Gasteiger partial charge in [0, 0.05) is 55.8 Å². The Bertz CT molecular complexity index is 1510. The van der Waals surface area contributed by atoms with E-state index in [4.69, 9.17) is 14.7 Å². The molecule has 0 unspecified atom stereocenters. The first-order chi connectivity index (χ1) is 20.0. The van der Waals surface area contributed by atoms with Gasteiger partial charge in [-0.25, -0.2) is 24.4 Å². The summed E-state index contributed by atoms with van der Waals surface area (Å²) in [6, 6.07) is 11.6. The van der Waals surface area contributed by atoms with Gasteiger partial charge in [0.2, 0.25) is 5.95 Å². The number of hydrogen-bond donors (Lipinski definition) is 2. The highest BCUT2D eigenvalue weighted by molar-refractivity contribution is 5.91. The molecule has 1 aliphatic carbocycles. The van der Waals surface area contributed by atoms with Crippen molar-refractivity contribution < 1.29 is 18.8 Å². The fourth-order valence-electron chi connectivity index (χ4n) is 4.94. The minimum atomic E-state index is -0.617. The number of hydrogen-bond acceptors (Lipinski definition) is 8. The molecule has 1 saturated heterocycles. The van der Waals surface area contributed by atoms with Crippen molar-refractivity contribution in [2.75, 3.05) is 32.1 Å². The second-order valence-corrected chi connectivity index (χ2v) is 10.2. The normalized spacial score (nSPS) is 18.9. The van der Waals surface area contributed by atoms with Crippen molar-refractivity contribution in [2.45, 2.75) is 37.8 Å². The molecule has 0 radical (unpaired) electrons. The summed E-state index contributed by atoms with van der Waals surface area (Å²) in [5.74, 6) is 1.20. The van der Waals surface area contributed by atoms with Gasteiger partial charge in [-0.2, -0.15) is 14.6 Å². The molecule has 4 heterocycles. The Labute approximate surface area is 236 Å². The van der Waals surface area contributed by atoms with Gasteiger partial charge >= 0.3 is 6.03 Å². The number of ether oxygens (including phenoxy) is 1. The van der Waals surface area contributed by atoms with Crippen LogP contribution in [0.1, 0.15) is 41.8 Å². The Balaban J connectivity index is 1.26. The number of benzene rings is 1. The quantitative estimate of drug-likeness (QED) is 0.294. The van der Waals surface area contributed by atoms with E-state index < -0.39 is 24.1 Å². The molecule has 2 aliphatic rings. The van der Waals surface area contributed by atoms with Crippen molar-refractivity contribution in [3.63, 3.8) is 0 Å². The lowest BCUT2D eigenvalue weighted by Gasteiger charge is -2.19. The third-order valence-corrected chi connectivity index (χ3v) is 7.21. The Morgan fingerprint density at radius 2 is 1.93 bits per heavy atom. The van der Waals surface area contributed by atoms with E-state index in [1.165, 1.54) is 12.3 Å². The van der Waals surface area contributed by atoms with Crippen molar-refractivity contribution in [3.05, 3.63) is 84.0 Å². The highest BCUT2D eigenvalue weighted by Gasteiger charge is 2.37. The van der Waals surface area contributed by atoms with Crippen LogP contribution in [-0.4, -0.2) is 68.7 Å². The predicted octanol–water partition coefficient (Wildman–Crippen LogP) is 4.17. The number of urea groups is 1. The highest BCUT2D eigenvalue weighted by Crippen LogP contribution is 2.38. The van der Waals surface area contributed by atoms with Crippen molar-refractivity contribution >= 4 is 11.8 Å². The van der Waals surface area contributed by atoms with Crippen molar-refractivity contribution in [2.24, 2.45) is 0 Å². The molecule has 212 valence electrons. The fourth-order valence-corrected chi connectivity index (χ4v) is 4.94. The third-order valence-electron chi connectivity index (χ3n) is 7.21. The lowest BCUT2D eigenvalue weighted by Crippen LogP contribution is -2.42. The number of amides is 2. The van der Waals surface area contributed by atoms with Gasteiger partial charge in [-0.1, -0.05) is 18.2 Å². The number of halogens is 1. The minimum absolute atomic E-state index is 0.387. The average Bonchev–Trinajstić information content (AvgIpc) is 3.69. The Morgan fingerprint density at radius 1 is 1.15 bits per heavy atom. The summed E-state index contributed by atoms with van der Waals surface area (Å²) < 4.78 is 20.8. The molecular formula is C29H31FN8O3. The minimum Gasteiger partial charge on any atom is -0.383 e. The van der Waals surface area contributed by atoms with Gasteiger partial charge in [-0.15, -0.1) is 0 Å². The Kier molecular flexibility index (Phi) is 7.68. The predicted molar refractivity (Wildman–Crippen MR) is 149 cm³/mol. The van der Waals surface area contributed by atoms with Gasteiger partial charge in [-0.3, -0.25) is 10.2 Å². The summed E-state index contributed by atoms with van der Waals surface area (Å²) >= 11 is 0. The molecule has 2 fully saturated rings. The topological polar surface area (TPSA) is 119 Å². The lowest BCUT2D eigenvalue weighted by molar-refractivity contribution is -0.154. The number of para-hydroxylation sites is 1. The monoisotopic (exact) mass is 558 g/mol. The molecule has 12 heteroatoms. The van der Waals surface area contributed by atoms with Crippen LogP contribution in [0.5, 0.6) is 0 Å². The van der Waals surface area contributed by atoms with Gasteiger partial charge in [0.05, 0.1) is 18.3 Å². The lowest BCUT2D eigenvalue weighted by atomic mass is 10.0. The van der Waals surface area contributed by atoms with Crippen LogP contribution in [0.25, 0.3) is 16.9 Å². The van der Waals surface area contributed by atoms with E-state index in [1.54, 1.807) is 35.3 Å². The third kappa shape index (κ3) is 5.94. The largest absolute Gasteiger partial charge is 0.383 e. The molecule has 2 N–H and O–H groups in total. The van der Waals surface area contributed by atoms with Gasteiger partial charge < -0.3 is 10.1 Å². The summed E-state index contributed by atoms with van der Waals surface area (Å²) in [7, 11) is 1.61. The molecule has 1 aromatic carbocycles. The van der Waals surface area contributed by atoms with Crippen molar-refractivity contribution in [3.8, 4) is 16.9 Å².